The van der Waals surface area contributed by atoms with Crippen LogP contribution in [0.4, 0.5) is 0 Å². The van der Waals surface area contributed by atoms with Crippen molar-refractivity contribution in [2.24, 2.45) is 0 Å². The van der Waals surface area contributed by atoms with Crippen molar-refractivity contribution < 1.29 is 14.3 Å². The van der Waals surface area contributed by atoms with Crippen LogP contribution in [0.5, 0.6) is 5.75 Å². The summed E-state index contributed by atoms with van der Waals surface area (Å²) in [5.41, 5.74) is 1.74. The Balaban J connectivity index is 1.95. The normalized spacial score (nSPS) is 19.8. The zero-order valence-corrected chi connectivity index (χ0v) is 15.6. The molecule has 0 saturated carbocycles. The van der Waals surface area contributed by atoms with Crippen LogP contribution in [0.3, 0.4) is 0 Å². The molecule has 1 heterocycles. The van der Waals surface area contributed by atoms with Crippen LogP contribution >= 0.6 is 11.8 Å². The lowest BCUT2D eigenvalue weighted by atomic mass is 9.76. The Morgan fingerprint density at radius 2 is 1.80 bits per heavy atom. The van der Waals surface area contributed by atoms with Gasteiger partial charge in [0.05, 0.1) is 12.5 Å². The summed E-state index contributed by atoms with van der Waals surface area (Å²) in [7, 11) is 3.19. The van der Waals surface area contributed by atoms with Crippen LogP contribution in [-0.2, 0) is 10.2 Å². The van der Waals surface area contributed by atoms with Gasteiger partial charge in [-0.25, -0.2) is 0 Å². The minimum Gasteiger partial charge on any atom is -0.497 e. The highest BCUT2D eigenvalue weighted by Crippen LogP contribution is 2.39. The van der Waals surface area contributed by atoms with Crippen molar-refractivity contribution in [2.45, 2.75) is 24.2 Å². The van der Waals surface area contributed by atoms with Crippen molar-refractivity contribution in [1.29, 1.82) is 0 Å². The first-order valence-corrected chi connectivity index (χ1v) is 9.06. The number of amides is 2. The molecule has 0 spiro atoms. The lowest BCUT2D eigenvalue weighted by Gasteiger charge is -2.38. The molecule has 0 N–H and O–H groups in total. The maximum absolute atomic E-state index is 12.9. The van der Waals surface area contributed by atoms with Gasteiger partial charge in [0.25, 0.3) is 5.91 Å². The molecule has 1 atom stereocenters. The second-order valence-electron chi connectivity index (χ2n) is 6.51. The smallest absolute Gasteiger partial charge is 0.260 e. The molecule has 2 aromatic carbocycles. The van der Waals surface area contributed by atoms with Gasteiger partial charge in [-0.1, -0.05) is 17.7 Å². The summed E-state index contributed by atoms with van der Waals surface area (Å²) in [5, 5.41) is 0. The first-order valence-electron chi connectivity index (χ1n) is 8.07. The number of carbonyl (C=O) groups is 2. The van der Waals surface area contributed by atoms with E-state index in [2.05, 4.69) is 0 Å². The molecule has 0 saturated heterocycles. The van der Waals surface area contributed by atoms with Gasteiger partial charge in [0.2, 0.25) is 5.91 Å². The number of fused-ring (bicyclic) bond motifs is 1. The minimum absolute atomic E-state index is 0.156. The predicted molar refractivity (Wildman–Crippen MR) is 99.3 cm³/mol. The summed E-state index contributed by atoms with van der Waals surface area (Å²) in [5.74, 6) is 0.978. The van der Waals surface area contributed by atoms with E-state index in [0.717, 1.165) is 21.8 Å². The summed E-state index contributed by atoms with van der Waals surface area (Å²) in [6.45, 7) is 3.90. The van der Waals surface area contributed by atoms with Crippen LogP contribution in [0.15, 0.2) is 47.4 Å². The molecule has 3 rings (SSSR count). The zero-order chi connectivity index (χ0) is 18.2. The lowest BCUT2D eigenvalue weighted by Crippen LogP contribution is -2.52. The van der Waals surface area contributed by atoms with Crippen molar-refractivity contribution in [3.05, 3.63) is 59.2 Å². The molecule has 0 fully saturated rings. The molecule has 2 amide bonds. The monoisotopic (exact) mass is 355 g/mol. The van der Waals surface area contributed by atoms with Gasteiger partial charge >= 0.3 is 0 Å². The number of imide groups is 1. The second kappa shape index (κ2) is 6.56. The van der Waals surface area contributed by atoms with E-state index in [1.165, 1.54) is 4.90 Å². The Labute approximate surface area is 152 Å². The fraction of sp³-hybridized carbons (Fsp3) is 0.300. The first kappa shape index (κ1) is 17.5. The highest BCUT2D eigenvalue weighted by molar-refractivity contribution is 7.99. The van der Waals surface area contributed by atoms with Crippen molar-refractivity contribution in [2.75, 3.05) is 19.9 Å². The fourth-order valence-electron chi connectivity index (χ4n) is 3.10. The summed E-state index contributed by atoms with van der Waals surface area (Å²) in [6, 6.07) is 13.5. The molecule has 25 heavy (non-hydrogen) atoms. The number of carbonyl (C=O) groups excluding carboxylic acids is 2. The Hall–Kier alpha value is -2.27. The lowest BCUT2D eigenvalue weighted by molar-refractivity contribution is -0.132. The van der Waals surface area contributed by atoms with Crippen LogP contribution in [0.2, 0.25) is 0 Å². The quantitative estimate of drug-likeness (QED) is 0.620. The van der Waals surface area contributed by atoms with Crippen molar-refractivity contribution >= 4 is 23.6 Å². The molecule has 1 aliphatic rings. The molecular weight excluding hydrogens is 334 g/mol. The van der Waals surface area contributed by atoms with Crippen LogP contribution in [0.1, 0.15) is 28.4 Å². The van der Waals surface area contributed by atoms with Gasteiger partial charge in [0.15, 0.2) is 0 Å². The number of likely N-dealkylation sites (N-methyl/N-ethyl adjacent to an activating group) is 1. The second-order valence-corrected chi connectivity index (χ2v) is 7.56. The van der Waals surface area contributed by atoms with Gasteiger partial charge in [0.1, 0.15) is 5.75 Å². The van der Waals surface area contributed by atoms with Crippen molar-refractivity contribution in [1.82, 2.24) is 4.90 Å². The van der Waals surface area contributed by atoms with E-state index >= 15 is 0 Å². The molecule has 5 heteroatoms. The predicted octanol–water partition coefficient (Wildman–Crippen LogP) is 3.67. The average molecular weight is 355 g/mol. The van der Waals surface area contributed by atoms with Crippen LogP contribution < -0.4 is 4.74 Å². The van der Waals surface area contributed by atoms with Gasteiger partial charge in [-0.3, -0.25) is 14.5 Å². The third-order valence-electron chi connectivity index (χ3n) is 4.67. The number of aryl methyl sites for hydroxylation is 1. The zero-order valence-electron chi connectivity index (χ0n) is 14.8. The summed E-state index contributed by atoms with van der Waals surface area (Å²) in [6.07, 6.45) is 0. The third-order valence-corrected chi connectivity index (χ3v) is 6.00. The van der Waals surface area contributed by atoms with E-state index in [1.54, 1.807) is 25.9 Å². The first-order chi connectivity index (χ1) is 11.9. The van der Waals surface area contributed by atoms with E-state index < -0.39 is 5.41 Å². The highest BCUT2D eigenvalue weighted by atomic mass is 32.2. The number of ether oxygens (including phenoxy) is 1. The van der Waals surface area contributed by atoms with E-state index in [-0.39, 0.29) is 11.8 Å². The van der Waals surface area contributed by atoms with Gasteiger partial charge in [-0.05, 0) is 49.7 Å². The van der Waals surface area contributed by atoms with Crippen LogP contribution in [0.25, 0.3) is 0 Å². The molecule has 130 valence electrons. The number of hydrogen-bond donors (Lipinski definition) is 0. The maximum Gasteiger partial charge on any atom is 0.260 e. The molecule has 1 unspecified atom stereocenters. The highest BCUT2D eigenvalue weighted by Gasteiger charge is 2.46. The molecular formula is C20H21NO3S. The molecule has 2 aromatic rings. The van der Waals surface area contributed by atoms with Gasteiger partial charge in [-0.2, -0.15) is 0 Å². The fourth-order valence-corrected chi connectivity index (χ4v) is 4.16. The number of hydrogen-bond acceptors (Lipinski definition) is 4. The number of thioether (sulfide) groups is 1. The van der Waals surface area contributed by atoms with Crippen molar-refractivity contribution in [3.8, 4) is 5.75 Å². The Morgan fingerprint density at radius 3 is 2.44 bits per heavy atom. The van der Waals surface area contributed by atoms with E-state index in [1.807, 2.05) is 56.3 Å². The maximum atomic E-state index is 12.9. The molecule has 0 radical (unpaired) electrons. The molecule has 0 bridgehead atoms. The van der Waals surface area contributed by atoms with Crippen molar-refractivity contribution in [3.63, 3.8) is 0 Å². The SMILES string of the molecule is COc1ccc(SCC2(C)C(=O)N(C)C(=O)c3ccc(C)cc32)cc1. The number of nitrogens with zero attached hydrogens (tertiary/aromatic N) is 1. The van der Waals surface area contributed by atoms with Crippen LogP contribution in [-0.4, -0.2) is 36.6 Å². The molecule has 4 nitrogen and oxygen atoms in total. The molecule has 1 aliphatic heterocycles. The summed E-state index contributed by atoms with van der Waals surface area (Å²) < 4.78 is 5.18. The standard InChI is InChI=1S/C20H21NO3S/c1-13-5-10-16-17(11-13)20(2,19(23)21(3)18(16)22)12-25-15-8-6-14(24-4)7-9-15/h5-11H,12H2,1-4H3. The molecule has 0 aliphatic carbocycles. The summed E-state index contributed by atoms with van der Waals surface area (Å²) in [4.78, 5) is 27.7. The Bertz CT molecular complexity index is 831. The van der Waals surface area contributed by atoms with Gasteiger partial charge in [-0.15, -0.1) is 11.8 Å². The summed E-state index contributed by atoms with van der Waals surface area (Å²) >= 11 is 1.61. The van der Waals surface area contributed by atoms with Crippen LogP contribution in [0, 0.1) is 6.92 Å². The third kappa shape index (κ3) is 3.04. The van der Waals surface area contributed by atoms with E-state index in [0.29, 0.717) is 11.3 Å². The number of benzene rings is 2. The van der Waals surface area contributed by atoms with Gasteiger partial charge in [0, 0.05) is 23.3 Å². The van der Waals surface area contributed by atoms with E-state index in [4.69, 9.17) is 4.74 Å². The topological polar surface area (TPSA) is 46.6 Å². The number of methoxy groups -OCH3 is 1. The van der Waals surface area contributed by atoms with E-state index in [9.17, 15) is 9.59 Å². The largest absolute Gasteiger partial charge is 0.497 e. The Morgan fingerprint density at radius 1 is 1.12 bits per heavy atom. The average Bonchev–Trinajstić information content (AvgIpc) is 2.63. The molecule has 0 aromatic heterocycles. The Kier molecular flexibility index (Phi) is 4.60. The minimum atomic E-state index is -0.741. The van der Waals surface area contributed by atoms with Gasteiger partial charge < -0.3 is 4.74 Å². The number of rotatable bonds is 4.